The van der Waals surface area contributed by atoms with E-state index in [0.717, 1.165) is 5.56 Å². The van der Waals surface area contributed by atoms with Gasteiger partial charge < -0.3 is 9.47 Å². The van der Waals surface area contributed by atoms with Gasteiger partial charge in [-0.1, -0.05) is 37.3 Å². The van der Waals surface area contributed by atoms with E-state index < -0.39 is 0 Å². The van der Waals surface area contributed by atoms with Gasteiger partial charge in [0, 0.05) is 5.92 Å². The molecule has 1 aliphatic heterocycles. The Morgan fingerprint density at radius 2 is 2.20 bits per heavy atom. The van der Waals surface area contributed by atoms with Crippen molar-refractivity contribution in [2.75, 3.05) is 6.61 Å². The minimum Gasteiger partial charge on any atom is -0.459 e. The number of carbonyl (C=O) groups excluding carboxylic acids is 1. The second kappa shape index (κ2) is 4.45. The molecular weight excluding hydrogens is 192 g/mol. The Morgan fingerprint density at radius 3 is 2.73 bits per heavy atom. The van der Waals surface area contributed by atoms with Crippen LogP contribution in [0.3, 0.4) is 0 Å². The van der Waals surface area contributed by atoms with Crippen LogP contribution in [0.1, 0.15) is 12.5 Å². The maximum Gasteiger partial charge on any atom is 0.335 e. The number of benzene rings is 1. The lowest BCUT2D eigenvalue weighted by Crippen LogP contribution is -2.44. The summed E-state index contributed by atoms with van der Waals surface area (Å²) in [6, 6.07) is 9.64. The fourth-order valence-corrected chi connectivity index (χ4v) is 1.50. The smallest absolute Gasteiger partial charge is 0.335 e. The second-order valence-electron chi connectivity index (χ2n) is 3.82. The van der Waals surface area contributed by atoms with Crippen LogP contribution in [0.25, 0.3) is 0 Å². The van der Waals surface area contributed by atoms with E-state index in [0.29, 0.717) is 13.2 Å². The summed E-state index contributed by atoms with van der Waals surface area (Å²) in [5.41, 5.74) is 0.998. The molecule has 0 N–H and O–H groups in total. The van der Waals surface area contributed by atoms with Gasteiger partial charge in [-0.15, -0.1) is 0 Å². The zero-order valence-corrected chi connectivity index (χ0v) is 8.68. The van der Waals surface area contributed by atoms with Crippen LogP contribution in [0.4, 0.5) is 0 Å². The average Bonchev–Trinajstić information content (AvgIpc) is 2.26. The number of ether oxygens (including phenoxy) is 2. The predicted octanol–water partition coefficient (Wildman–Crippen LogP) is 1.76. The summed E-state index contributed by atoms with van der Waals surface area (Å²) in [4.78, 5) is 11.5. The average molecular weight is 206 g/mol. The van der Waals surface area contributed by atoms with Crippen LogP contribution in [-0.2, 0) is 20.9 Å². The Kier molecular flexibility index (Phi) is 3.02. The summed E-state index contributed by atoms with van der Waals surface area (Å²) in [7, 11) is 0. The minimum absolute atomic E-state index is 0.252. The maximum atomic E-state index is 11.5. The number of hydrogen-bond acceptors (Lipinski definition) is 3. The molecule has 1 aromatic rings. The van der Waals surface area contributed by atoms with Gasteiger partial charge in [0.2, 0.25) is 0 Å². The lowest BCUT2D eigenvalue weighted by molar-refractivity contribution is -0.182. The molecule has 0 saturated carbocycles. The van der Waals surface area contributed by atoms with Crippen LogP contribution in [-0.4, -0.2) is 18.7 Å². The van der Waals surface area contributed by atoms with Gasteiger partial charge in [-0.3, -0.25) is 0 Å². The summed E-state index contributed by atoms with van der Waals surface area (Å²) in [5, 5.41) is 0. The van der Waals surface area contributed by atoms with Crippen molar-refractivity contribution in [2.24, 2.45) is 5.92 Å². The number of esters is 1. The van der Waals surface area contributed by atoms with Crippen LogP contribution >= 0.6 is 0 Å². The first kappa shape index (κ1) is 10.2. The number of carbonyl (C=O) groups is 1. The molecule has 1 heterocycles. The third kappa shape index (κ3) is 2.36. The SMILES string of the molecule is C[C@H]1CO[C@@H]1C(=O)OCc1ccccc1. The molecule has 0 spiro atoms. The van der Waals surface area contributed by atoms with Gasteiger partial charge in [-0.25, -0.2) is 4.79 Å². The first-order chi connectivity index (χ1) is 7.27. The van der Waals surface area contributed by atoms with E-state index in [1.54, 1.807) is 0 Å². The summed E-state index contributed by atoms with van der Waals surface area (Å²) in [6.45, 7) is 2.97. The van der Waals surface area contributed by atoms with E-state index in [1.807, 2.05) is 37.3 Å². The van der Waals surface area contributed by atoms with Crippen molar-refractivity contribution in [2.45, 2.75) is 19.6 Å². The Balaban J connectivity index is 1.81. The fourth-order valence-electron chi connectivity index (χ4n) is 1.50. The third-order valence-corrected chi connectivity index (χ3v) is 2.51. The van der Waals surface area contributed by atoms with E-state index >= 15 is 0 Å². The highest BCUT2D eigenvalue weighted by Gasteiger charge is 2.35. The van der Waals surface area contributed by atoms with Gasteiger partial charge in [0.1, 0.15) is 6.61 Å². The minimum atomic E-state index is -0.353. The summed E-state index contributed by atoms with van der Waals surface area (Å²) >= 11 is 0. The van der Waals surface area contributed by atoms with E-state index in [9.17, 15) is 4.79 Å². The van der Waals surface area contributed by atoms with Crippen molar-refractivity contribution >= 4 is 5.97 Å². The zero-order chi connectivity index (χ0) is 10.7. The third-order valence-electron chi connectivity index (χ3n) is 2.51. The molecule has 1 fully saturated rings. The number of rotatable bonds is 3. The molecule has 1 saturated heterocycles. The highest BCUT2D eigenvalue weighted by molar-refractivity contribution is 5.75. The summed E-state index contributed by atoms with van der Waals surface area (Å²) < 4.78 is 10.3. The molecule has 0 aromatic heterocycles. The molecular formula is C12H14O3. The normalized spacial score (nSPS) is 24.3. The van der Waals surface area contributed by atoms with Crippen molar-refractivity contribution in [3.05, 3.63) is 35.9 Å². The van der Waals surface area contributed by atoms with Gasteiger partial charge in [0.25, 0.3) is 0 Å². The number of hydrogen-bond donors (Lipinski definition) is 0. The Hall–Kier alpha value is -1.35. The predicted molar refractivity (Wildman–Crippen MR) is 55.1 cm³/mol. The molecule has 0 amide bonds. The van der Waals surface area contributed by atoms with Gasteiger partial charge in [-0.05, 0) is 5.56 Å². The molecule has 80 valence electrons. The van der Waals surface area contributed by atoms with Crippen LogP contribution in [0, 0.1) is 5.92 Å². The van der Waals surface area contributed by atoms with Gasteiger partial charge in [-0.2, -0.15) is 0 Å². The fraction of sp³-hybridized carbons (Fsp3) is 0.417. The molecule has 2 rings (SSSR count). The topological polar surface area (TPSA) is 35.5 Å². The van der Waals surface area contributed by atoms with Crippen molar-refractivity contribution in [3.8, 4) is 0 Å². The maximum absolute atomic E-state index is 11.5. The van der Waals surface area contributed by atoms with E-state index in [2.05, 4.69) is 0 Å². The quantitative estimate of drug-likeness (QED) is 0.707. The van der Waals surface area contributed by atoms with Crippen molar-refractivity contribution in [1.82, 2.24) is 0 Å². The van der Waals surface area contributed by atoms with Gasteiger partial charge in [0.05, 0.1) is 6.61 Å². The van der Waals surface area contributed by atoms with Crippen molar-refractivity contribution in [3.63, 3.8) is 0 Å². The summed E-state index contributed by atoms with van der Waals surface area (Å²) in [6.07, 6.45) is -0.353. The Bertz CT molecular complexity index is 334. The second-order valence-corrected chi connectivity index (χ2v) is 3.82. The molecule has 0 radical (unpaired) electrons. The van der Waals surface area contributed by atoms with E-state index in [-0.39, 0.29) is 18.0 Å². The van der Waals surface area contributed by atoms with Gasteiger partial charge >= 0.3 is 5.97 Å². The Morgan fingerprint density at radius 1 is 1.47 bits per heavy atom. The first-order valence-electron chi connectivity index (χ1n) is 5.09. The largest absolute Gasteiger partial charge is 0.459 e. The van der Waals surface area contributed by atoms with E-state index in [4.69, 9.17) is 9.47 Å². The molecule has 0 bridgehead atoms. The molecule has 0 unspecified atom stereocenters. The lowest BCUT2D eigenvalue weighted by Gasteiger charge is -2.31. The zero-order valence-electron chi connectivity index (χ0n) is 8.68. The molecule has 3 nitrogen and oxygen atoms in total. The highest BCUT2D eigenvalue weighted by Crippen LogP contribution is 2.20. The van der Waals surface area contributed by atoms with Gasteiger partial charge in [0.15, 0.2) is 6.10 Å². The standard InChI is InChI=1S/C12H14O3/c1-9-7-14-11(9)12(13)15-8-10-5-3-2-4-6-10/h2-6,9,11H,7-8H2,1H3/t9-,11-/m0/s1. The molecule has 15 heavy (non-hydrogen) atoms. The van der Waals surface area contributed by atoms with Crippen LogP contribution in [0.2, 0.25) is 0 Å². The van der Waals surface area contributed by atoms with E-state index in [1.165, 1.54) is 0 Å². The highest BCUT2D eigenvalue weighted by atomic mass is 16.6. The molecule has 1 aromatic carbocycles. The van der Waals surface area contributed by atoms with Crippen LogP contribution < -0.4 is 0 Å². The van der Waals surface area contributed by atoms with Crippen LogP contribution in [0.15, 0.2) is 30.3 Å². The first-order valence-corrected chi connectivity index (χ1v) is 5.09. The molecule has 2 atom stereocenters. The van der Waals surface area contributed by atoms with Crippen LogP contribution in [0.5, 0.6) is 0 Å². The monoisotopic (exact) mass is 206 g/mol. The Labute approximate surface area is 89.0 Å². The summed E-state index contributed by atoms with van der Waals surface area (Å²) in [5.74, 6) is 0.0332. The van der Waals surface area contributed by atoms with Crippen molar-refractivity contribution < 1.29 is 14.3 Å². The molecule has 0 aliphatic carbocycles. The molecule has 3 heteroatoms. The lowest BCUT2D eigenvalue weighted by atomic mass is 10.0. The molecule has 1 aliphatic rings. The van der Waals surface area contributed by atoms with Crippen molar-refractivity contribution in [1.29, 1.82) is 0 Å².